The van der Waals surface area contributed by atoms with Crippen molar-refractivity contribution in [2.45, 2.75) is 32.1 Å². The van der Waals surface area contributed by atoms with Crippen LogP contribution in [-0.2, 0) is 4.79 Å². The molecule has 0 unspecified atom stereocenters. The molecule has 39 heavy (non-hydrogen) atoms. The minimum Gasteiger partial charge on any atom is -0.507 e. The quantitative estimate of drug-likeness (QED) is 0.237. The molecule has 0 saturated heterocycles. The molecule has 0 radical (unpaired) electrons. The molecule has 9 heteroatoms. The number of hydrogen-bond acceptors (Lipinski definition) is 7. The molecule has 0 bridgehead atoms. The maximum Gasteiger partial charge on any atom is 0.269 e. The monoisotopic (exact) mass is 523 g/mol. The number of hydrogen-bond donors (Lipinski definition) is 2. The molecule has 3 aromatic rings. The zero-order valence-electron chi connectivity index (χ0n) is 21.1. The summed E-state index contributed by atoms with van der Waals surface area (Å²) in [5, 5.41) is 32.5. The van der Waals surface area contributed by atoms with Gasteiger partial charge in [0, 0.05) is 46.9 Å². The van der Waals surface area contributed by atoms with Gasteiger partial charge in [-0.15, -0.1) is 0 Å². The SMILES string of the molecule is Cc1cc([N+](=O)[O-])ccc1N1C(=N)/C(=C(/O)c2ccccc2)[C@@H](c2ccc3c(c2)OCO3)C2=C1CCCC2=O. The number of carbonyl (C=O) groups excluding carboxylic acids is 1. The van der Waals surface area contributed by atoms with Gasteiger partial charge in [-0.2, -0.15) is 0 Å². The van der Waals surface area contributed by atoms with Crippen molar-refractivity contribution in [3.05, 3.63) is 110 Å². The first kappa shape index (κ1) is 24.4. The van der Waals surface area contributed by atoms with E-state index in [0.717, 1.165) is 0 Å². The van der Waals surface area contributed by atoms with E-state index in [9.17, 15) is 25.4 Å². The number of amidine groups is 1. The van der Waals surface area contributed by atoms with Crippen LogP contribution in [0.5, 0.6) is 11.5 Å². The first-order chi connectivity index (χ1) is 18.8. The van der Waals surface area contributed by atoms with Crippen LogP contribution in [0.4, 0.5) is 11.4 Å². The number of allylic oxidation sites excluding steroid dienone is 2. The molecule has 196 valence electrons. The lowest BCUT2D eigenvalue weighted by Crippen LogP contribution is -2.42. The molecule has 3 aromatic carbocycles. The van der Waals surface area contributed by atoms with Crippen LogP contribution in [0.2, 0.25) is 0 Å². The Labute approximate surface area is 224 Å². The summed E-state index contributed by atoms with van der Waals surface area (Å²) in [4.78, 5) is 26.3. The number of nitro benzene ring substituents is 1. The average molecular weight is 524 g/mol. The predicted octanol–water partition coefficient (Wildman–Crippen LogP) is 6.19. The van der Waals surface area contributed by atoms with Gasteiger partial charge in [0.25, 0.3) is 5.69 Å². The maximum atomic E-state index is 13.7. The molecular formula is C30H25N3O6. The fraction of sp³-hybridized carbons (Fsp3) is 0.200. The number of nitrogens with one attached hydrogen (secondary N) is 1. The Kier molecular flexibility index (Phi) is 5.91. The molecule has 3 aliphatic rings. The van der Waals surface area contributed by atoms with E-state index < -0.39 is 10.8 Å². The van der Waals surface area contributed by atoms with Crippen LogP contribution < -0.4 is 14.4 Å². The molecule has 0 spiro atoms. The Hall–Kier alpha value is -4.92. The molecule has 1 aliphatic carbocycles. The zero-order valence-corrected chi connectivity index (χ0v) is 21.1. The van der Waals surface area contributed by atoms with Gasteiger partial charge in [0.1, 0.15) is 11.6 Å². The van der Waals surface area contributed by atoms with Crippen molar-refractivity contribution in [1.82, 2.24) is 0 Å². The van der Waals surface area contributed by atoms with Crippen LogP contribution in [0.15, 0.2) is 83.6 Å². The van der Waals surface area contributed by atoms with Crippen molar-refractivity contribution < 1.29 is 24.3 Å². The van der Waals surface area contributed by atoms with E-state index in [1.807, 2.05) is 12.1 Å². The van der Waals surface area contributed by atoms with Crippen molar-refractivity contribution in [3.63, 3.8) is 0 Å². The number of anilines is 1. The van der Waals surface area contributed by atoms with Gasteiger partial charge >= 0.3 is 0 Å². The highest BCUT2D eigenvalue weighted by molar-refractivity contribution is 6.20. The number of nitrogens with zero attached hydrogens (tertiary/aromatic N) is 2. The van der Waals surface area contributed by atoms with Crippen molar-refractivity contribution in [2.24, 2.45) is 0 Å². The Morgan fingerprint density at radius 2 is 1.82 bits per heavy atom. The molecule has 6 rings (SSSR count). The van der Waals surface area contributed by atoms with E-state index in [4.69, 9.17) is 9.47 Å². The molecule has 0 amide bonds. The summed E-state index contributed by atoms with van der Waals surface area (Å²) in [5.41, 5.74) is 3.72. The molecule has 0 aromatic heterocycles. The standard InChI is InChI=1S/C30H25N3O6/c1-17-14-20(33(36)37)11-12-21(17)32-22-8-5-9-23(34)27(22)26(19-10-13-24-25(15-19)39-16-38-24)28(30(32)31)29(35)18-6-3-2-4-7-18/h2-4,6-7,10-15,26,31,35H,5,8-9,16H2,1H3/b29-28+,31-30?/t26-/m0/s1. The Bertz CT molecular complexity index is 1610. The third-order valence-corrected chi connectivity index (χ3v) is 7.42. The fourth-order valence-electron chi connectivity index (χ4n) is 5.64. The van der Waals surface area contributed by atoms with E-state index in [2.05, 4.69) is 0 Å². The first-order valence-corrected chi connectivity index (χ1v) is 12.6. The third kappa shape index (κ3) is 4.03. The molecule has 0 fully saturated rings. The molecule has 9 nitrogen and oxygen atoms in total. The number of ether oxygens (including phenoxy) is 2. The lowest BCUT2D eigenvalue weighted by Gasteiger charge is -2.42. The lowest BCUT2D eigenvalue weighted by molar-refractivity contribution is -0.384. The van der Waals surface area contributed by atoms with Gasteiger partial charge in [-0.05, 0) is 49.1 Å². The number of aryl methyl sites for hydroxylation is 1. The normalized spacial score (nSPS) is 19.7. The van der Waals surface area contributed by atoms with Gasteiger partial charge in [0.15, 0.2) is 17.3 Å². The number of Topliss-reactive ketones (excluding diaryl/α,β-unsaturated/α-hetero) is 1. The van der Waals surface area contributed by atoms with E-state index in [0.29, 0.717) is 64.4 Å². The minimum atomic E-state index is -0.718. The van der Waals surface area contributed by atoms with Gasteiger partial charge in [-0.25, -0.2) is 0 Å². The highest BCUT2D eigenvalue weighted by Crippen LogP contribution is 2.49. The van der Waals surface area contributed by atoms with E-state index >= 15 is 0 Å². The molecular weight excluding hydrogens is 498 g/mol. The van der Waals surface area contributed by atoms with Gasteiger partial charge in [0.05, 0.1) is 10.6 Å². The maximum absolute atomic E-state index is 13.7. The largest absolute Gasteiger partial charge is 0.507 e. The number of non-ortho nitro benzene ring substituents is 1. The molecule has 2 aliphatic heterocycles. The molecule has 2 N–H and O–H groups in total. The number of aliphatic hydroxyl groups excluding tert-OH is 1. The summed E-state index contributed by atoms with van der Waals surface area (Å²) < 4.78 is 11.1. The second-order valence-electron chi connectivity index (χ2n) is 9.72. The Balaban J connectivity index is 1.64. The summed E-state index contributed by atoms with van der Waals surface area (Å²) in [6, 6.07) is 18.8. The Morgan fingerprint density at radius 1 is 1.05 bits per heavy atom. The van der Waals surface area contributed by atoms with E-state index in [1.54, 1.807) is 54.3 Å². The zero-order chi connectivity index (χ0) is 27.3. The van der Waals surface area contributed by atoms with Crippen molar-refractivity contribution >= 4 is 28.8 Å². The number of aliphatic hydroxyl groups is 1. The number of ketones is 1. The van der Waals surface area contributed by atoms with Gasteiger partial charge in [0.2, 0.25) is 6.79 Å². The number of nitro groups is 1. The van der Waals surface area contributed by atoms with Gasteiger partial charge in [-0.3, -0.25) is 25.2 Å². The van der Waals surface area contributed by atoms with Gasteiger partial charge < -0.3 is 14.6 Å². The van der Waals surface area contributed by atoms with Crippen molar-refractivity contribution in [3.8, 4) is 11.5 Å². The lowest BCUT2D eigenvalue weighted by atomic mass is 9.73. The topological polar surface area (TPSA) is 126 Å². The van der Waals surface area contributed by atoms with E-state index in [1.165, 1.54) is 12.1 Å². The predicted molar refractivity (Wildman–Crippen MR) is 145 cm³/mol. The number of rotatable bonds is 4. The summed E-state index contributed by atoms with van der Waals surface area (Å²) in [6.07, 6.45) is 1.51. The summed E-state index contributed by atoms with van der Waals surface area (Å²) in [5.74, 6) is 0.243. The summed E-state index contributed by atoms with van der Waals surface area (Å²) >= 11 is 0. The summed E-state index contributed by atoms with van der Waals surface area (Å²) in [7, 11) is 0. The van der Waals surface area contributed by atoms with Crippen molar-refractivity contribution in [1.29, 1.82) is 5.41 Å². The molecule has 0 saturated carbocycles. The van der Waals surface area contributed by atoms with Gasteiger partial charge in [-0.1, -0.05) is 36.4 Å². The number of carbonyl (C=O) groups is 1. The highest BCUT2D eigenvalue weighted by Gasteiger charge is 2.44. The first-order valence-electron chi connectivity index (χ1n) is 12.6. The van der Waals surface area contributed by atoms with Crippen LogP contribution in [0.1, 0.15) is 41.9 Å². The van der Waals surface area contributed by atoms with Crippen LogP contribution >= 0.6 is 0 Å². The number of benzene rings is 3. The fourth-order valence-corrected chi connectivity index (χ4v) is 5.64. The highest BCUT2D eigenvalue weighted by atomic mass is 16.7. The third-order valence-electron chi connectivity index (χ3n) is 7.42. The van der Waals surface area contributed by atoms with Crippen molar-refractivity contribution in [2.75, 3.05) is 11.7 Å². The second-order valence-corrected chi connectivity index (χ2v) is 9.72. The van der Waals surface area contributed by atoms with Crippen LogP contribution in [-0.4, -0.2) is 28.4 Å². The smallest absolute Gasteiger partial charge is 0.269 e. The molecule has 1 atom stereocenters. The van der Waals surface area contributed by atoms with Crippen LogP contribution in [0.25, 0.3) is 5.76 Å². The second kappa shape index (κ2) is 9.43. The average Bonchev–Trinajstić information content (AvgIpc) is 3.41. The summed E-state index contributed by atoms with van der Waals surface area (Å²) in [6.45, 7) is 1.84. The van der Waals surface area contributed by atoms with Crippen LogP contribution in [0, 0.1) is 22.4 Å². The van der Waals surface area contributed by atoms with E-state index in [-0.39, 0.29) is 35.4 Å². The minimum absolute atomic E-state index is 0.00410. The Morgan fingerprint density at radius 3 is 2.56 bits per heavy atom. The molecule has 2 heterocycles. The van der Waals surface area contributed by atoms with Crippen LogP contribution in [0.3, 0.4) is 0 Å². The number of fused-ring (bicyclic) bond motifs is 1.